The number of carbonyl (C=O) groups excluding carboxylic acids is 1. The maximum atomic E-state index is 11.0. The van der Waals surface area contributed by atoms with Crippen LogP contribution in [0.25, 0.3) is 0 Å². The Bertz CT molecular complexity index is 201. The van der Waals surface area contributed by atoms with Crippen LogP contribution in [-0.2, 0) is 9.53 Å². The molecule has 0 amide bonds. The molecular formula is C7H8Cl2O2. The lowest BCUT2D eigenvalue weighted by atomic mass is 10.0. The molecule has 0 saturated carbocycles. The summed E-state index contributed by atoms with van der Waals surface area (Å²) in [5.74, 6) is -0.0364. The van der Waals surface area contributed by atoms with Gasteiger partial charge in [-0.3, -0.25) is 0 Å². The average Bonchev–Trinajstić information content (AvgIpc) is 2.24. The van der Waals surface area contributed by atoms with E-state index in [-0.39, 0.29) is 18.0 Å². The van der Waals surface area contributed by atoms with Crippen LogP contribution < -0.4 is 0 Å². The van der Waals surface area contributed by atoms with Gasteiger partial charge < -0.3 is 4.74 Å². The largest absolute Gasteiger partial charge is 0.459 e. The van der Waals surface area contributed by atoms with Gasteiger partial charge in [0.05, 0.1) is 5.57 Å². The molecule has 0 aromatic carbocycles. The molecule has 0 unspecified atom stereocenters. The van der Waals surface area contributed by atoms with Crippen LogP contribution in [0.2, 0.25) is 0 Å². The first-order valence-electron chi connectivity index (χ1n) is 3.28. The van der Waals surface area contributed by atoms with E-state index >= 15 is 0 Å². The van der Waals surface area contributed by atoms with Crippen LogP contribution in [0.3, 0.4) is 0 Å². The first kappa shape index (κ1) is 8.88. The Labute approximate surface area is 75.1 Å². The molecule has 0 radical (unpaired) electrons. The van der Waals surface area contributed by atoms with Gasteiger partial charge in [0.25, 0.3) is 0 Å². The van der Waals surface area contributed by atoms with Crippen LogP contribution in [0.15, 0.2) is 11.1 Å². The fraction of sp³-hybridized carbons (Fsp3) is 0.571. The minimum atomic E-state index is -0.349. The number of esters is 1. The summed E-state index contributed by atoms with van der Waals surface area (Å²) in [4.78, 5) is 11.0. The Morgan fingerprint density at radius 2 is 2.36 bits per heavy atom. The molecule has 2 atom stereocenters. The highest BCUT2D eigenvalue weighted by Gasteiger charge is 2.35. The van der Waals surface area contributed by atoms with Crippen molar-refractivity contribution in [1.29, 1.82) is 0 Å². The van der Waals surface area contributed by atoms with Gasteiger partial charge in [-0.15, -0.1) is 11.6 Å². The molecule has 1 fully saturated rings. The molecule has 0 aliphatic carbocycles. The molecule has 1 rings (SSSR count). The van der Waals surface area contributed by atoms with Gasteiger partial charge in [-0.05, 0) is 6.92 Å². The fourth-order valence-electron chi connectivity index (χ4n) is 1.06. The van der Waals surface area contributed by atoms with E-state index in [4.69, 9.17) is 27.9 Å². The molecule has 11 heavy (non-hydrogen) atoms. The molecule has 62 valence electrons. The summed E-state index contributed by atoms with van der Waals surface area (Å²) in [6.07, 6.45) is -0.148. The molecule has 4 heteroatoms. The Balaban J connectivity index is 2.84. The third-order valence-corrected chi connectivity index (χ3v) is 2.35. The number of carbonyl (C=O) groups is 1. The van der Waals surface area contributed by atoms with Crippen molar-refractivity contribution in [3.05, 3.63) is 11.1 Å². The van der Waals surface area contributed by atoms with Gasteiger partial charge in [0, 0.05) is 17.3 Å². The van der Waals surface area contributed by atoms with E-state index in [2.05, 4.69) is 0 Å². The minimum absolute atomic E-state index is 0.0540. The monoisotopic (exact) mass is 194 g/mol. The zero-order valence-corrected chi connectivity index (χ0v) is 7.52. The lowest BCUT2D eigenvalue weighted by Gasteiger charge is -2.07. The van der Waals surface area contributed by atoms with Gasteiger partial charge in [-0.25, -0.2) is 4.79 Å². The van der Waals surface area contributed by atoms with Crippen molar-refractivity contribution in [3.8, 4) is 0 Å². The van der Waals surface area contributed by atoms with E-state index in [9.17, 15) is 4.79 Å². The topological polar surface area (TPSA) is 26.3 Å². The SMILES string of the molecule is C[C@@H]1OC(=O)/C(=C\Cl)[C@@H]1CCl. The number of hydrogen-bond donors (Lipinski definition) is 0. The van der Waals surface area contributed by atoms with Crippen molar-refractivity contribution >= 4 is 29.2 Å². The van der Waals surface area contributed by atoms with Gasteiger partial charge in [0.1, 0.15) is 6.10 Å². The van der Waals surface area contributed by atoms with Gasteiger partial charge in [-0.1, -0.05) is 11.6 Å². The molecule has 1 aliphatic heterocycles. The van der Waals surface area contributed by atoms with Crippen molar-refractivity contribution in [2.24, 2.45) is 5.92 Å². The van der Waals surface area contributed by atoms with Crippen molar-refractivity contribution in [2.45, 2.75) is 13.0 Å². The fourth-order valence-corrected chi connectivity index (χ4v) is 1.73. The van der Waals surface area contributed by atoms with Gasteiger partial charge in [-0.2, -0.15) is 0 Å². The van der Waals surface area contributed by atoms with E-state index in [1.165, 1.54) is 5.54 Å². The maximum Gasteiger partial charge on any atom is 0.335 e. The summed E-state index contributed by atoms with van der Waals surface area (Å²) >= 11 is 11.0. The quantitative estimate of drug-likeness (QED) is 0.363. The molecule has 0 aromatic heterocycles. The van der Waals surface area contributed by atoms with Crippen molar-refractivity contribution in [1.82, 2.24) is 0 Å². The van der Waals surface area contributed by atoms with Gasteiger partial charge in [0.2, 0.25) is 0 Å². The van der Waals surface area contributed by atoms with E-state index in [1.54, 1.807) is 6.92 Å². The smallest absolute Gasteiger partial charge is 0.335 e. The lowest BCUT2D eigenvalue weighted by molar-refractivity contribution is -0.138. The highest BCUT2D eigenvalue weighted by molar-refractivity contribution is 6.28. The minimum Gasteiger partial charge on any atom is -0.459 e. The molecular weight excluding hydrogens is 187 g/mol. The molecule has 2 nitrogen and oxygen atoms in total. The zero-order valence-electron chi connectivity index (χ0n) is 6.01. The average molecular weight is 195 g/mol. The molecule has 0 aromatic rings. The summed E-state index contributed by atoms with van der Waals surface area (Å²) in [5.41, 5.74) is 1.73. The number of ether oxygens (including phenoxy) is 1. The van der Waals surface area contributed by atoms with Gasteiger partial charge in [0.15, 0.2) is 0 Å². The van der Waals surface area contributed by atoms with Crippen LogP contribution in [0.5, 0.6) is 0 Å². The maximum absolute atomic E-state index is 11.0. The highest BCUT2D eigenvalue weighted by Crippen LogP contribution is 2.28. The second-order valence-corrected chi connectivity index (χ2v) is 2.96. The first-order chi connectivity index (χ1) is 5.20. The van der Waals surface area contributed by atoms with Crippen molar-refractivity contribution in [2.75, 3.05) is 5.88 Å². The van der Waals surface area contributed by atoms with E-state index in [1.807, 2.05) is 0 Å². The third kappa shape index (κ3) is 1.52. The Morgan fingerprint density at radius 1 is 1.73 bits per heavy atom. The predicted molar refractivity (Wildman–Crippen MR) is 43.7 cm³/mol. The Morgan fingerprint density at radius 3 is 2.73 bits per heavy atom. The molecule has 0 N–H and O–H groups in total. The van der Waals surface area contributed by atoms with Crippen LogP contribution in [0.1, 0.15) is 6.92 Å². The van der Waals surface area contributed by atoms with Crippen molar-refractivity contribution in [3.63, 3.8) is 0 Å². The Hall–Kier alpha value is -0.210. The normalized spacial score (nSPS) is 34.5. The van der Waals surface area contributed by atoms with Crippen molar-refractivity contribution < 1.29 is 9.53 Å². The molecule has 1 aliphatic rings. The Kier molecular flexibility index (Phi) is 2.79. The van der Waals surface area contributed by atoms with E-state index < -0.39 is 0 Å². The predicted octanol–water partition coefficient (Wildman–Crippen LogP) is 1.91. The highest BCUT2D eigenvalue weighted by atomic mass is 35.5. The third-order valence-electron chi connectivity index (χ3n) is 1.78. The first-order valence-corrected chi connectivity index (χ1v) is 4.25. The second kappa shape index (κ2) is 3.46. The van der Waals surface area contributed by atoms with Crippen LogP contribution >= 0.6 is 23.2 Å². The summed E-state index contributed by atoms with van der Waals surface area (Å²) in [7, 11) is 0. The molecule has 1 heterocycles. The van der Waals surface area contributed by atoms with Crippen LogP contribution in [0.4, 0.5) is 0 Å². The summed E-state index contributed by atoms with van der Waals surface area (Å²) in [6.45, 7) is 1.80. The standard InChI is InChI=1S/C7H8Cl2O2/c1-4-5(2-8)6(3-9)7(10)11-4/h3-5H,2H2,1H3/b6-3-/t4-,5+/m0/s1. The zero-order chi connectivity index (χ0) is 8.43. The molecule has 0 bridgehead atoms. The lowest BCUT2D eigenvalue weighted by Crippen LogP contribution is -2.13. The number of alkyl halides is 1. The number of halogens is 2. The van der Waals surface area contributed by atoms with Crippen LogP contribution in [0, 0.1) is 5.92 Å². The number of hydrogen-bond acceptors (Lipinski definition) is 2. The van der Waals surface area contributed by atoms with Crippen LogP contribution in [-0.4, -0.2) is 18.0 Å². The summed E-state index contributed by atoms with van der Waals surface area (Å²) in [6, 6.07) is 0. The number of cyclic esters (lactones) is 1. The van der Waals surface area contributed by atoms with E-state index in [0.29, 0.717) is 11.5 Å². The molecule has 0 spiro atoms. The van der Waals surface area contributed by atoms with Gasteiger partial charge >= 0.3 is 5.97 Å². The second-order valence-electron chi connectivity index (χ2n) is 2.44. The summed E-state index contributed by atoms with van der Waals surface area (Å²) in [5, 5.41) is 0. The molecule has 1 saturated heterocycles. The van der Waals surface area contributed by atoms with E-state index in [0.717, 1.165) is 0 Å². The number of rotatable bonds is 1. The summed E-state index contributed by atoms with van der Waals surface area (Å²) < 4.78 is 4.89.